The molecule has 28 heavy (non-hydrogen) atoms. The first-order valence-electron chi connectivity index (χ1n) is 9.16. The summed E-state index contributed by atoms with van der Waals surface area (Å²) in [6.45, 7) is 0. The standard InChI is InChI=1S/C20H21ClF3N3O/c21-18-16(15(10-11-26-18)20(22,23)24)12-6-8-14(9-7-12)27-19(28)17(25)13-4-2-1-3-5-13/h6-11,13,17H,1-5,25H2,(H,27,28)/t17-/m0/s1. The van der Waals surface area contributed by atoms with Crippen LogP contribution in [0, 0.1) is 5.92 Å². The number of nitrogens with one attached hydrogen (secondary N) is 1. The number of hydrogen-bond acceptors (Lipinski definition) is 3. The number of anilines is 1. The molecule has 1 saturated carbocycles. The first kappa shape index (κ1) is 20.6. The van der Waals surface area contributed by atoms with Gasteiger partial charge in [0.15, 0.2) is 0 Å². The summed E-state index contributed by atoms with van der Waals surface area (Å²) in [6, 6.07) is 6.30. The number of aromatic nitrogens is 1. The van der Waals surface area contributed by atoms with E-state index < -0.39 is 17.8 Å². The molecule has 1 fully saturated rings. The van der Waals surface area contributed by atoms with E-state index >= 15 is 0 Å². The van der Waals surface area contributed by atoms with E-state index in [-0.39, 0.29) is 28.1 Å². The molecule has 1 aliphatic carbocycles. The Bertz CT molecular complexity index is 834. The van der Waals surface area contributed by atoms with Crippen molar-refractivity contribution in [2.75, 3.05) is 5.32 Å². The number of hydrogen-bond donors (Lipinski definition) is 2. The van der Waals surface area contributed by atoms with E-state index in [1.54, 1.807) is 0 Å². The predicted octanol–water partition coefficient (Wildman–Crippen LogP) is 5.27. The van der Waals surface area contributed by atoms with Crippen molar-refractivity contribution >= 4 is 23.2 Å². The van der Waals surface area contributed by atoms with Crippen LogP contribution in [0.1, 0.15) is 37.7 Å². The third-order valence-electron chi connectivity index (χ3n) is 5.11. The highest BCUT2D eigenvalue weighted by Crippen LogP contribution is 2.40. The Balaban J connectivity index is 1.77. The lowest BCUT2D eigenvalue weighted by molar-refractivity contribution is -0.137. The molecule has 4 nitrogen and oxygen atoms in total. The number of halogens is 4. The lowest BCUT2D eigenvalue weighted by atomic mass is 9.84. The molecule has 2 aromatic rings. The maximum absolute atomic E-state index is 13.3. The van der Waals surface area contributed by atoms with Crippen LogP contribution in [0.4, 0.5) is 18.9 Å². The maximum Gasteiger partial charge on any atom is 0.417 e. The molecule has 150 valence electrons. The lowest BCUT2D eigenvalue weighted by Gasteiger charge is -2.26. The quantitative estimate of drug-likeness (QED) is 0.673. The van der Waals surface area contributed by atoms with Gasteiger partial charge in [-0.05, 0) is 42.5 Å². The molecule has 1 amide bonds. The molecule has 3 rings (SSSR count). The molecule has 3 N–H and O–H groups in total. The first-order chi connectivity index (χ1) is 13.3. The molecule has 1 atom stereocenters. The minimum absolute atomic E-state index is 0.163. The Labute approximate surface area is 166 Å². The minimum Gasteiger partial charge on any atom is -0.325 e. The van der Waals surface area contributed by atoms with Crippen molar-refractivity contribution in [2.45, 2.75) is 44.3 Å². The van der Waals surface area contributed by atoms with Gasteiger partial charge in [-0.2, -0.15) is 13.2 Å². The van der Waals surface area contributed by atoms with Gasteiger partial charge in [-0.25, -0.2) is 4.98 Å². The fraction of sp³-hybridized carbons (Fsp3) is 0.400. The van der Waals surface area contributed by atoms with Crippen molar-refractivity contribution in [2.24, 2.45) is 11.7 Å². The van der Waals surface area contributed by atoms with E-state index in [2.05, 4.69) is 10.3 Å². The predicted molar refractivity (Wildman–Crippen MR) is 103 cm³/mol. The molecule has 0 saturated heterocycles. The Kier molecular flexibility index (Phi) is 6.25. The molecule has 0 aliphatic heterocycles. The monoisotopic (exact) mass is 411 g/mol. The van der Waals surface area contributed by atoms with Crippen LogP contribution in [0.15, 0.2) is 36.5 Å². The fourth-order valence-corrected chi connectivity index (χ4v) is 3.87. The SMILES string of the molecule is N[C@H](C(=O)Nc1ccc(-c2c(C(F)(F)F)ccnc2Cl)cc1)C1CCCCC1. The second-order valence-corrected chi connectivity index (χ2v) is 7.37. The summed E-state index contributed by atoms with van der Waals surface area (Å²) in [5.74, 6) is -0.119. The van der Waals surface area contributed by atoms with E-state index in [0.29, 0.717) is 5.69 Å². The van der Waals surface area contributed by atoms with Gasteiger partial charge in [0.2, 0.25) is 5.91 Å². The maximum atomic E-state index is 13.3. The van der Waals surface area contributed by atoms with Gasteiger partial charge >= 0.3 is 6.18 Å². The summed E-state index contributed by atoms with van der Waals surface area (Å²) in [6.07, 6.45) is 1.67. The van der Waals surface area contributed by atoms with Gasteiger partial charge in [-0.1, -0.05) is 43.0 Å². The summed E-state index contributed by atoms with van der Waals surface area (Å²) in [7, 11) is 0. The third-order valence-corrected chi connectivity index (χ3v) is 5.40. The topological polar surface area (TPSA) is 68.0 Å². The Hall–Kier alpha value is -2.12. The second-order valence-electron chi connectivity index (χ2n) is 7.01. The largest absolute Gasteiger partial charge is 0.417 e. The van der Waals surface area contributed by atoms with Crippen LogP contribution in [0.5, 0.6) is 0 Å². The molecule has 8 heteroatoms. The number of carbonyl (C=O) groups excluding carboxylic acids is 1. The van der Waals surface area contributed by atoms with Gasteiger partial charge in [0.1, 0.15) is 5.15 Å². The lowest BCUT2D eigenvalue weighted by Crippen LogP contribution is -2.42. The van der Waals surface area contributed by atoms with Crippen LogP contribution in [0.2, 0.25) is 5.15 Å². The van der Waals surface area contributed by atoms with E-state index in [1.807, 2.05) is 0 Å². The Morgan fingerprint density at radius 3 is 2.39 bits per heavy atom. The van der Waals surface area contributed by atoms with Gasteiger partial charge in [-0.15, -0.1) is 0 Å². The summed E-state index contributed by atoms with van der Waals surface area (Å²) in [5.41, 5.74) is 5.77. The Morgan fingerprint density at radius 1 is 1.14 bits per heavy atom. The van der Waals surface area contributed by atoms with Gasteiger partial charge in [0, 0.05) is 17.4 Å². The van der Waals surface area contributed by atoms with Crippen LogP contribution < -0.4 is 11.1 Å². The summed E-state index contributed by atoms with van der Waals surface area (Å²) >= 11 is 5.92. The molecule has 0 bridgehead atoms. The molecule has 1 aromatic carbocycles. The molecule has 1 aliphatic rings. The van der Waals surface area contributed by atoms with Crippen molar-refractivity contribution in [1.29, 1.82) is 0 Å². The fourth-order valence-electron chi connectivity index (χ4n) is 3.60. The van der Waals surface area contributed by atoms with Crippen molar-refractivity contribution in [1.82, 2.24) is 4.98 Å². The molecule has 0 radical (unpaired) electrons. The zero-order chi connectivity index (χ0) is 20.3. The third kappa shape index (κ3) is 4.64. The number of benzene rings is 1. The van der Waals surface area contributed by atoms with Gasteiger partial charge in [0.05, 0.1) is 11.6 Å². The number of carbonyl (C=O) groups is 1. The molecule has 0 spiro atoms. The minimum atomic E-state index is -4.55. The van der Waals surface area contributed by atoms with E-state index in [0.717, 1.165) is 37.9 Å². The van der Waals surface area contributed by atoms with Gasteiger partial charge in [-0.3, -0.25) is 4.79 Å². The average molecular weight is 412 g/mol. The van der Waals surface area contributed by atoms with Gasteiger partial charge in [0.25, 0.3) is 0 Å². The second kappa shape index (κ2) is 8.49. The number of nitrogens with two attached hydrogens (primary N) is 1. The first-order valence-corrected chi connectivity index (χ1v) is 9.54. The van der Waals surface area contributed by atoms with Crippen molar-refractivity contribution in [3.8, 4) is 11.1 Å². The average Bonchev–Trinajstić information content (AvgIpc) is 2.68. The van der Waals surface area contributed by atoms with Crippen molar-refractivity contribution < 1.29 is 18.0 Å². The van der Waals surface area contributed by atoms with Crippen molar-refractivity contribution in [3.05, 3.63) is 47.2 Å². The highest BCUT2D eigenvalue weighted by Gasteiger charge is 2.35. The zero-order valence-corrected chi connectivity index (χ0v) is 15.9. The van der Waals surface area contributed by atoms with Crippen LogP contribution >= 0.6 is 11.6 Å². The highest BCUT2D eigenvalue weighted by molar-refractivity contribution is 6.32. The molecule has 1 heterocycles. The molecule has 0 unspecified atom stereocenters. The summed E-state index contributed by atoms with van der Waals surface area (Å²) < 4.78 is 39.8. The number of amides is 1. The zero-order valence-electron chi connectivity index (χ0n) is 15.1. The molecule has 1 aromatic heterocycles. The number of pyridine rings is 1. The van der Waals surface area contributed by atoms with E-state index in [1.165, 1.54) is 30.7 Å². The Morgan fingerprint density at radius 2 is 1.79 bits per heavy atom. The van der Waals surface area contributed by atoms with Crippen LogP contribution in [0.3, 0.4) is 0 Å². The van der Waals surface area contributed by atoms with Crippen LogP contribution in [0.25, 0.3) is 11.1 Å². The van der Waals surface area contributed by atoms with E-state index in [9.17, 15) is 18.0 Å². The van der Waals surface area contributed by atoms with Crippen LogP contribution in [-0.4, -0.2) is 16.9 Å². The number of rotatable bonds is 4. The van der Waals surface area contributed by atoms with Crippen LogP contribution in [-0.2, 0) is 11.0 Å². The smallest absolute Gasteiger partial charge is 0.325 e. The van der Waals surface area contributed by atoms with Gasteiger partial charge < -0.3 is 11.1 Å². The number of alkyl halides is 3. The van der Waals surface area contributed by atoms with Crippen molar-refractivity contribution in [3.63, 3.8) is 0 Å². The highest BCUT2D eigenvalue weighted by atomic mass is 35.5. The number of nitrogens with zero attached hydrogens (tertiary/aromatic N) is 1. The van der Waals surface area contributed by atoms with E-state index in [4.69, 9.17) is 17.3 Å². The normalized spacial score (nSPS) is 16.6. The molecular weight excluding hydrogens is 391 g/mol. The molecular formula is C20H21ClF3N3O. The summed E-state index contributed by atoms with van der Waals surface area (Å²) in [4.78, 5) is 16.1. The summed E-state index contributed by atoms with van der Waals surface area (Å²) in [5, 5.41) is 2.51.